The van der Waals surface area contributed by atoms with Gasteiger partial charge in [0.1, 0.15) is 17.3 Å². The van der Waals surface area contributed by atoms with Gasteiger partial charge in [0.25, 0.3) is 5.91 Å². The zero-order valence-electron chi connectivity index (χ0n) is 17.4. The molecule has 0 spiro atoms. The number of aromatic nitrogens is 2. The SMILES string of the molecule is COCCCNc1cc(C(=O)Nc2ccc(N3CCN(C)CC3)cc2)nc(C)n1. The summed E-state index contributed by atoms with van der Waals surface area (Å²) in [5.74, 6) is 0.948. The van der Waals surface area contributed by atoms with Gasteiger partial charge < -0.3 is 25.2 Å². The number of nitrogens with one attached hydrogen (secondary N) is 2. The van der Waals surface area contributed by atoms with Crippen LogP contribution in [-0.2, 0) is 4.74 Å². The number of likely N-dealkylation sites (N-methyl/N-ethyl adjacent to an activating group) is 1. The van der Waals surface area contributed by atoms with Gasteiger partial charge in [-0.1, -0.05) is 0 Å². The number of rotatable bonds is 8. The van der Waals surface area contributed by atoms with Gasteiger partial charge in [0.2, 0.25) is 0 Å². The Morgan fingerprint density at radius 1 is 1.14 bits per heavy atom. The van der Waals surface area contributed by atoms with E-state index in [9.17, 15) is 4.79 Å². The number of carbonyl (C=O) groups excluding carboxylic acids is 1. The molecule has 0 unspecified atom stereocenters. The van der Waals surface area contributed by atoms with Crippen molar-refractivity contribution in [3.05, 3.63) is 41.9 Å². The smallest absolute Gasteiger partial charge is 0.274 e. The van der Waals surface area contributed by atoms with E-state index in [1.54, 1.807) is 20.1 Å². The second kappa shape index (κ2) is 10.2. The number of nitrogens with zero attached hydrogens (tertiary/aromatic N) is 4. The van der Waals surface area contributed by atoms with Crippen LogP contribution in [-0.4, -0.2) is 74.3 Å². The summed E-state index contributed by atoms with van der Waals surface area (Å²) in [6.45, 7) is 7.33. The Morgan fingerprint density at radius 3 is 2.55 bits per heavy atom. The molecule has 2 aromatic rings. The summed E-state index contributed by atoms with van der Waals surface area (Å²) in [5.41, 5.74) is 2.27. The van der Waals surface area contributed by atoms with Gasteiger partial charge in [-0.15, -0.1) is 0 Å². The fourth-order valence-corrected chi connectivity index (χ4v) is 3.22. The van der Waals surface area contributed by atoms with Crippen molar-refractivity contribution in [2.24, 2.45) is 0 Å². The number of piperazine rings is 1. The minimum Gasteiger partial charge on any atom is -0.385 e. The predicted molar refractivity (Wildman–Crippen MR) is 116 cm³/mol. The summed E-state index contributed by atoms with van der Waals surface area (Å²) in [7, 11) is 3.82. The van der Waals surface area contributed by atoms with Gasteiger partial charge in [0.15, 0.2) is 0 Å². The van der Waals surface area contributed by atoms with Gasteiger partial charge in [0.05, 0.1) is 0 Å². The van der Waals surface area contributed by atoms with Crippen molar-refractivity contribution in [1.82, 2.24) is 14.9 Å². The van der Waals surface area contributed by atoms with Crippen LogP contribution in [0.2, 0.25) is 0 Å². The van der Waals surface area contributed by atoms with Gasteiger partial charge >= 0.3 is 0 Å². The number of ether oxygens (including phenoxy) is 1. The third kappa shape index (κ3) is 6.13. The number of amides is 1. The lowest BCUT2D eigenvalue weighted by Crippen LogP contribution is -2.44. The average Bonchev–Trinajstić information content (AvgIpc) is 2.72. The minimum absolute atomic E-state index is 0.247. The Hall–Kier alpha value is -2.71. The molecule has 1 aromatic carbocycles. The summed E-state index contributed by atoms with van der Waals surface area (Å²) in [5, 5.41) is 6.13. The number of anilines is 3. The Bertz CT molecular complexity index is 803. The van der Waals surface area contributed by atoms with Gasteiger partial charge in [-0.3, -0.25) is 4.79 Å². The maximum atomic E-state index is 12.7. The van der Waals surface area contributed by atoms with Crippen LogP contribution in [0.1, 0.15) is 22.7 Å². The van der Waals surface area contributed by atoms with Gasteiger partial charge in [0, 0.05) is 63.9 Å². The Labute approximate surface area is 172 Å². The molecule has 1 amide bonds. The summed E-state index contributed by atoms with van der Waals surface area (Å²) >= 11 is 0. The van der Waals surface area contributed by atoms with Crippen LogP contribution in [0, 0.1) is 6.92 Å². The van der Waals surface area contributed by atoms with Crippen molar-refractivity contribution < 1.29 is 9.53 Å². The van der Waals surface area contributed by atoms with E-state index in [4.69, 9.17) is 4.74 Å². The van der Waals surface area contributed by atoms with Crippen molar-refractivity contribution >= 4 is 23.1 Å². The first-order valence-corrected chi connectivity index (χ1v) is 9.98. The lowest BCUT2D eigenvalue weighted by Gasteiger charge is -2.34. The molecule has 2 heterocycles. The summed E-state index contributed by atoms with van der Waals surface area (Å²) < 4.78 is 5.04. The van der Waals surface area contributed by atoms with Crippen LogP contribution in [0.4, 0.5) is 17.2 Å². The summed E-state index contributed by atoms with van der Waals surface area (Å²) in [6.07, 6.45) is 0.862. The fraction of sp³-hybridized carbons (Fsp3) is 0.476. The molecular formula is C21H30N6O2. The van der Waals surface area contributed by atoms with Crippen LogP contribution < -0.4 is 15.5 Å². The molecule has 0 saturated carbocycles. The van der Waals surface area contributed by atoms with Gasteiger partial charge in [-0.25, -0.2) is 9.97 Å². The third-order valence-electron chi connectivity index (χ3n) is 4.90. The quantitative estimate of drug-likeness (QED) is 0.660. The van der Waals surface area contributed by atoms with Crippen LogP contribution >= 0.6 is 0 Å². The maximum Gasteiger partial charge on any atom is 0.274 e. The van der Waals surface area contributed by atoms with Crippen LogP contribution in [0.15, 0.2) is 30.3 Å². The molecule has 29 heavy (non-hydrogen) atoms. The van der Waals surface area contributed by atoms with E-state index in [-0.39, 0.29) is 5.91 Å². The molecule has 156 valence electrons. The standard InChI is InChI=1S/C21H30N6O2/c1-16-23-19(15-20(24-16)22-9-4-14-29-3)21(28)25-17-5-7-18(8-6-17)27-12-10-26(2)11-13-27/h5-8,15H,4,9-14H2,1-3H3,(H,25,28)(H,22,23,24). The molecule has 1 fully saturated rings. The van der Waals surface area contributed by atoms with E-state index in [1.807, 2.05) is 12.1 Å². The zero-order valence-corrected chi connectivity index (χ0v) is 17.4. The molecule has 2 N–H and O–H groups in total. The van der Waals surface area contributed by atoms with Crippen LogP contribution in [0.5, 0.6) is 0 Å². The molecule has 0 radical (unpaired) electrons. The molecule has 0 bridgehead atoms. The van der Waals surface area contributed by atoms with Gasteiger partial charge in [-0.2, -0.15) is 0 Å². The molecule has 1 aliphatic heterocycles. The topological polar surface area (TPSA) is 82.6 Å². The molecule has 3 rings (SSSR count). The highest BCUT2D eigenvalue weighted by molar-refractivity contribution is 6.03. The first-order chi connectivity index (χ1) is 14.0. The highest BCUT2D eigenvalue weighted by atomic mass is 16.5. The second-order valence-corrected chi connectivity index (χ2v) is 7.25. The molecule has 1 aromatic heterocycles. The van der Waals surface area contributed by atoms with E-state index >= 15 is 0 Å². The molecular weight excluding hydrogens is 368 g/mol. The zero-order chi connectivity index (χ0) is 20.6. The Balaban J connectivity index is 1.60. The van der Waals surface area contributed by atoms with Crippen molar-refractivity contribution in [3.8, 4) is 0 Å². The van der Waals surface area contributed by atoms with Crippen molar-refractivity contribution in [2.45, 2.75) is 13.3 Å². The normalized spacial score (nSPS) is 14.7. The first-order valence-electron chi connectivity index (χ1n) is 9.98. The molecule has 1 saturated heterocycles. The van der Waals surface area contributed by atoms with Crippen LogP contribution in [0.25, 0.3) is 0 Å². The fourth-order valence-electron chi connectivity index (χ4n) is 3.22. The number of hydrogen-bond acceptors (Lipinski definition) is 7. The minimum atomic E-state index is -0.247. The predicted octanol–water partition coefficient (Wildman–Crippen LogP) is 2.24. The lowest BCUT2D eigenvalue weighted by atomic mass is 10.2. The van der Waals surface area contributed by atoms with E-state index in [0.717, 1.165) is 44.8 Å². The average molecular weight is 399 g/mol. The highest BCUT2D eigenvalue weighted by Crippen LogP contribution is 2.20. The van der Waals surface area contributed by atoms with E-state index in [1.165, 1.54) is 5.69 Å². The molecule has 0 aliphatic carbocycles. The summed E-state index contributed by atoms with van der Waals surface area (Å²) in [4.78, 5) is 26.0. The number of benzene rings is 1. The first kappa shape index (κ1) is 21.0. The van der Waals surface area contributed by atoms with E-state index in [0.29, 0.717) is 23.9 Å². The number of aryl methyl sites for hydroxylation is 1. The second-order valence-electron chi connectivity index (χ2n) is 7.25. The number of hydrogen-bond donors (Lipinski definition) is 2. The van der Waals surface area contributed by atoms with Crippen molar-refractivity contribution in [1.29, 1.82) is 0 Å². The van der Waals surface area contributed by atoms with Gasteiger partial charge in [-0.05, 0) is 44.7 Å². The largest absolute Gasteiger partial charge is 0.385 e. The number of carbonyl (C=O) groups is 1. The molecule has 0 atom stereocenters. The lowest BCUT2D eigenvalue weighted by molar-refractivity contribution is 0.102. The third-order valence-corrected chi connectivity index (χ3v) is 4.90. The van der Waals surface area contributed by atoms with Crippen molar-refractivity contribution in [3.63, 3.8) is 0 Å². The molecule has 1 aliphatic rings. The van der Waals surface area contributed by atoms with Crippen LogP contribution in [0.3, 0.4) is 0 Å². The van der Waals surface area contributed by atoms with E-state index in [2.05, 4.69) is 49.6 Å². The Morgan fingerprint density at radius 2 is 1.86 bits per heavy atom. The molecule has 8 nitrogen and oxygen atoms in total. The highest BCUT2D eigenvalue weighted by Gasteiger charge is 2.15. The summed E-state index contributed by atoms with van der Waals surface area (Å²) in [6, 6.07) is 9.64. The molecule has 8 heteroatoms. The monoisotopic (exact) mass is 398 g/mol. The van der Waals surface area contributed by atoms with E-state index < -0.39 is 0 Å². The number of methoxy groups -OCH3 is 1. The Kier molecular flexibility index (Phi) is 7.37. The maximum absolute atomic E-state index is 12.7. The van der Waals surface area contributed by atoms with Crippen molar-refractivity contribution in [2.75, 3.05) is 69.0 Å².